The Kier molecular flexibility index (Phi) is 4.75. The number of fused-ring (bicyclic) bond motifs is 1. The fourth-order valence-electron chi connectivity index (χ4n) is 2.17. The summed E-state index contributed by atoms with van der Waals surface area (Å²) in [6, 6.07) is 5.30. The van der Waals surface area contributed by atoms with Crippen molar-refractivity contribution in [2.45, 2.75) is 13.3 Å². The van der Waals surface area contributed by atoms with Crippen molar-refractivity contribution in [2.75, 3.05) is 25.7 Å². The first kappa shape index (κ1) is 16.4. The molecule has 0 bridgehead atoms. The van der Waals surface area contributed by atoms with Gasteiger partial charge in [-0.3, -0.25) is 0 Å². The lowest BCUT2D eigenvalue weighted by Gasteiger charge is -2.05. The number of ether oxygens (including phenoxy) is 2. The van der Waals surface area contributed by atoms with Gasteiger partial charge in [-0.15, -0.1) is 0 Å². The molecule has 1 aromatic heterocycles. The van der Waals surface area contributed by atoms with Gasteiger partial charge in [0.05, 0.1) is 12.9 Å². The lowest BCUT2D eigenvalue weighted by molar-refractivity contribution is -0.142. The molecule has 1 heterocycles. The highest BCUT2D eigenvalue weighted by Gasteiger charge is 2.16. The monoisotopic (exact) mass is 326 g/mol. The zero-order valence-corrected chi connectivity index (χ0v) is 13.5. The topological polar surface area (TPSA) is 82.8 Å². The molecule has 0 fully saturated rings. The van der Waals surface area contributed by atoms with Gasteiger partial charge in [-0.1, -0.05) is 12.1 Å². The first-order chi connectivity index (χ1) is 10.3. The van der Waals surface area contributed by atoms with Crippen molar-refractivity contribution in [3.8, 4) is 5.75 Å². The molecule has 2 aromatic rings. The maximum atomic E-state index is 11.3. The maximum absolute atomic E-state index is 11.3. The predicted molar refractivity (Wildman–Crippen MR) is 81.9 cm³/mol. The number of carbonyl (C=O) groups excluding carboxylic acids is 1. The highest BCUT2D eigenvalue weighted by atomic mass is 32.2. The molecule has 2 rings (SSSR count). The largest absolute Gasteiger partial charge is 0.478 e. The van der Waals surface area contributed by atoms with E-state index in [9.17, 15) is 13.2 Å². The van der Waals surface area contributed by atoms with Crippen molar-refractivity contribution < 1.29 is 27.1 Å². The van der Waals surface area contributed by atoms with E-state index < -0.39 is 15.8 Å². The standard InChI is InChI=1S/C15H18O6S/c1-10-11(7-8-22(3,17)18)12-5-4-6-13(15(12)21-10)20-9-14(16)19-2/h4-6H,7-9H2,1-3H3. The smallest absolute Gasteiger partial charge is 0.343 e. The summed E-state index contributed by atoms with van der Waals surface area (Å²) in [5.74, 6) is 0.636. The van der Waals surface area contributed by atoms with E-state index in [-0.39, 0.29) is 12.4 Å². The van der Waals surface area contributed by atoms with Gasteiger partial charge in [-0.25, -0.2) is 13.2 Å². The van der Waals surface area contributed by atoms with Crippen molar-refractivity contribution in [3.05, 3.63) is 29.5 Å². The van der Waals surface area contributed by atoms with Crippen LogP contribution < -0.4 is 4.74 Å². The third kappa shape index (κ3) is 3.79. The molecule has 0 aliphatic carbocycles. The van der Waals surface area contributed by atoms with Gasteiger partial charge >= 0.3 is 5.97 Å². The molecule has 6 nitrogen and oxygen atoms in total. The summed E-state index contributed by atoms with van der Waals surface area (Å²) >= 11 is 0. The molecule has 7 heteroatoms. The first-order valence-corrected chi connectivity index (χ1v) is 8.76. The van der Waals surface area contributed by atoms with Gasteiger partial charge in [0.25, 0.3) is 0 Å². The Bertz CT molecular complexity index is 788. The molecular formula is C15H18O6S. The predicted octanol–water partition coefficient (Wildman–Crippen LogP) is 1.88. The number of hydrogen-bond donors (Lipinski definition) is 0. The highest BCUT2D eigenvalue weighted by Crippen LogP contribution is 2.33. The first-order valence-electron chi connectivity index (χ1n) is 6.70. The molecule has 0 amide bonds. The van der Waals surface area contributed by atoms with Crippen LogP contribution >= 0.6 is 0 Å². The Hall–Kier alpha value is -2.02. The summed E-state index contributed by atoms with van der Waals surface area (Å²) in [6.07, 6.45) is 1.58. The van der Waals surface area contributed by atoms with Crippen molar-refractivity contribution in [1.29, 1.82) is 0 Å². The van der Waals surface area contributed by atoms with Gasteiger partial charge < -0.3 is 13.9 Å². The van der Waals surface area contributed by atoms with Gasteiger partial charge in [0.1, 0.15) is 15.6 Å². The van der Waals surface area contributed by atoms with Gasteiger partial charge in [0, 0.05) is 17.2 Å². The zero-order chi connectivity index (χ0) is 16.3. The van der Waals surface area contributed by atoms with Crippen LogP contribution in [0.25, 0.3) is 11.0 Å². The molecule has 0 radical (unpaired) electrons. The minimum absolute atomic E-state index is 0.0513. The minimum atomic E-state index is -3.05. The van der Waals surface area contributed by atoms with E-state index in [0.717, 1.165) is 10.9 Å². The second-order valence-corrected chi connectivity index (χ2v) is 7.27. The molecule has 22 heavy (non-hydrogen) atoms. The number of furan rings is 1. The Morgan fingerprint density at radius 2 is 2.05 bits per heavy atom. The van der Waals surface area contributed by atoms with E-state index in [0.29, 0.717) is 23.5 Å². The molecule has 0 saturated carbocycles. The molecule has 0 atom stereocenters. The number of carbonyl (C=O) groups is 1. The third-order valence-electron chi connectivity index (χ3n) is 3.28. The number of rotatable bonds is 6. The van der Waals surface area contributed by atoms with Crippen LogP contribution in [0.15, 0.2) is 22.6 Å². The summed E-state index contributed by atoms with van der Waals surface area (Å²) < 4.78 is 38.3. The Balaban J connectivity index is 2.32. The van der Waals surface area contributed by atoms with Crippen molar-refractivity contribution in [3.63, 3.8) is 0 Å². The fraction of sp³-hybridized carbons (Fsp3) is 0.400. The third-order valence-corrected chi connectivity index (χ3v) is 4.23. The van der Waals surface area contributed by atoms with Crippen LogP contribution in [0.3, 0.4) is 0 Å². The number of methoxy groups -OCH3 is 1. The molecule has 1 aromatic carbocycles. The summed E-state index contributed by atoms with van der Waals surface area (Å²) in [7, 11) is -1.77. The van der Waals surface area contributed by atoms with Crippen LogP contribution in [-0.2, 0) is 25.8 Å². The van der Waals surface area contributed by atoms with Crippen molar-refractivity contribution in [2.24, 2.45) is 0 Å². The summed E-state index contributed by atoms with van der Waals surface area (Å²) in [5.41, 5.74) is 1.34. The van der Waals surface area contributed by atoms with Crippen molar-refractivity contribution >= 4 is 26.8 Å². The van der Waals surface area contributed by atoms with Gasteiger partial charge in [-0.2, -0.15) is 0 Å². The molecule has 120 valence electrons. The Labute approximate surface area is 128 Å². The van der Waals surface area contributed by atoms with Crippen LogP contribution in [0.1, 0.15) is 11.3 Å². The summed E-state index contributed by atoms with van der Waals surface area (Å²) in [6.45, 7) is 1.57. The van der Waals surface area contributed by atoms with Crippen molar-refractivity contribution in [1.82, 2.24) is 0 Å². The van der Waals surface area contributed by atoms with Crippen LogP contribution in [0, 0.1) is 6.92 Å². The van der Waals surface area contributed by atoms with Crippen LogP contribution in [-0.4, -0.2) is 40.1 Å². The van der Waals surface area contributed by atoms with E-state index in [1.165, 1.54) is 13.4 Å². The van der Waals surface area contributed by atoms with E-state index in [4.69, 9.17) is 9.15 Å². The second-order valence-electron chi connectivity index (χ2n) is 5.01. The Morgan fingerprint density at radius 3 is 2.68 bits per heavy atom. The average molecular weight is 326 g/mol. The Morgan fingerprint density at radius 1 is 1.32 bits per heavy atom. The molecule has 0 aliphatic heterocycles. The van der Waals surface area contributed by atoms with Crippen LogP contribution in [0.4, 0.5) is 0 Å². The number of para-hydroxylation sites is 1. The fourth-order valence-corrected chi connectivity index (χ4v) is 2.75. The maximum Gasteiger partial charge on any atom is 0.343 e. The zero-order valence-electron chi connectivity index (χ0n) is 12.7. The normalized spacial score (nSPS) is 11.6. The number of sulfone groups is 1. The van der Waals surface area contributed by atoms with Crippen LogP contribution in [0.5, 0.6) is 5.75 Å². The number of aryl methyl sites for hydroxylation is 2. The molecule has 0 N–H and O–H groups in total. The van der Waals surface area contributed by atoms with E-state index in [1.807, 2.05) is 6.07 Å². The molecule has 0 spiro atoms. The minimum Gasteiger partial charge on any atom is -0.478 e. The lowest BCUT2D eigenvalue weighted by atomic mass is 10.1. The number of benzene rings is 1. The van der Waals surface area contributed by atoms with Gasteiger partial charge in [-0.05, 0) is 19.4 Å². The lowest BCUT2D eigenvalue weighted by Crippen LogP contribution is -2.12. The van der Waals surface area contributed by atoms with Crippen LogP contribution in [0.2, 0.25) is 0 Å². The van der Waals surface area contributed by atoms with Gasteiger partial charge in [0.2, 0.25) is 0 Å². The number of hydrogen-bond acceptors (Lipinski definition) is 6. The van der Waals surface area contributed by atoms with E-state index in [1.54, 1.807) is 19.1 Å². The quantitative estimate of drug-likeness (QED) is 0.754. The van der Waals surface area contributed by atoms with Gasteiger partial charge in [0.15, 0.2) is 17.9 Å². The number of esters is 1. The highest BCUT2D eigenvalue weighted by molar-refractivity contribution is 7.90. The summed E-state index contributed by atoms with van der Waals surface area (Å²) in [5, 5.41) is 0.795. The SMILES string of the molecule is COC(=O)COc1cccc2c(CCS(C)(=O)=O)c(C)oc12. The second kappa shape index (κ2) is 6.39. The summed E-state index contributed by atoms with van der Waals surface area (Å²) in [4.78, 5) is 11.2. The molecule has 0 saturated heterocycles. The molecule has 0 unspecified atom stereocenters. The molecular weight excluding hydrogens is 308 g/mol. The molecule has 0 aliphatic rings. The van der Waals surface area contributed by atoms with E-state index >= 15 is 0 Å². The van der Waals surface area contributed by atoms with E-state index in [2.05, 4.69) is 4.74 Å². The average Bonchev–Trinajstić information content (AvgIpc) is 2.77.